The van der Waals surface area contributed by atoms with Crippen molar-refractivity contribution in [1.29, 1.82) is 0 Å². The van der Waals surface area contributed by atoms with Gasteiger partial charge in [0, 0.05) is 10.7 Å². The third-order valence-corrected chi connectivity index (χ3v) is 6.40. The van der Waals surface area contributed by atoms with Crippen LogP contribution in [0.5, 0.6) is 0 Å². The van der Waals surface area contributed by atoms with Crippen LogP contribution in [0.1, 0.15) is 5.69 Å². The maximum atomic E-state index is 12.7. The first-order valence-electron chi connectivity index (χ1n) is 8.05. The van der Waals surface area contributed by atoms with Gasteiger partial charge < -0.3 is 21.3 Å². The highest BCUT2D eigenvalue weighted by molar-refractivity contribution is 8.05. The highest BCUT2D eigenvalue weighted by atomic mass is 32.2. The molecule has 0 aromatic carbocycles. The molecule has 0 aliphatic carbocycles. The van der Waals surface area contributed by atoms with Crippen LogP contribution in [-0.2, 0) is 14.4 Å². The summed E-state index contributed by atoms with van der Waals surface area (Å²) in [6.45, 7) is 0. The number of fused-ring (bicyclic) bond motifs is 1. The number of β-lactam (4-membered cyclic amide) rings is 1. The largest absolute Gasteiger partial charge is 0.477 e. The Morgan fingerprint density at radius 2 is 2.10 bits per heavy atom. The van der Waals surface area contributed by atoms with E-state index in [4.69, 9.17) is 10.8 Å². The van der Waals surface area contributed by atoms with Gasteiger partial charge in [-0.25, -0.2) is 14.6 Å². The molecule has 152 valence electrons. The van der Waals surface area contributed by atoms with Crippen molar-refractivity contribution in [3.05, 3.63) is 34.5 Å². The second kappa shape index (κ2) is 8.13. The van der Waals surface area contributed by atoms with E-state index < -0.39 is 41.0 Å². The zero-order chi connectivity index (χ0) is 21.3. The van der Waals surface area contributed by atoms with Crippen molar-refractivity contribution >= 4 is 58.9 Å². The number of carboxylic acid groups (broad SMARTS) is 2. The number of nitrogen functional groups attached to an aromatic ring is 1. The standard InChI is InChI=1S/C16H15N5O6S2/c1-28-7-5-29-14-10(13(23)21(14)11(7)15(24)25)19-12(22)9(20-16(26)27)6-3-2-4-8(17)18-6/h2-4,10,14H,5H2,1H3,(H2,17,18)(H,19,22)(H,24,25)(H,26,27)/b20-9-/t10?,14-/m1/s1. The molecule has 1 fully saturated rings. The van der Waals surface area contributed by atoms with Crippen molar-refractivity contribution in [2.24, 2.45) is 4.99 Å². The van der Waals surface area contributed by atoms with Gasteiger partial charge >= 0.3 is 12.1 Å². The Morgan fingerprint density at radius 3 is 2.69 bits per heavy atom. The topological polar surface area (TPSA) is 175 Å². The van der Waals surface area contributed by atoms with Crippen LogP contribution in [0.4, 0.5) is 10.6 Å². The van der Waals surface area contributed by atoms with Gasteiger partial charge in [0.05, 0.1) is 5.69 Å². The van der Waals surface area contributed by atoms with E-state index in [1.165, 1.54) is 41.7 Å². The summed E-state index contributed by atoms with van der Waals surface area (Å²) in [5.41, 5.74) is 4.88. The lowest BCUT2D eigenvalue weighted by Gasteiger charge is -2.49. The SMILES string of the molecule is CSC1=C(C(=O)O)N2C(=O)C(NC(=O)/C(=N\C(=O)O)c3cccc(N)n3)[C@H]2SC1. The number of nitrogens with zero attached hydrogens (tertiary/aromatic N) is 3. The van der Waals surface area contributed by atoms with E-state index in [0.717, 1.165) is 4.90 Å². The van der Waals surface area contributed by atoms with Crippen molar-refractivity contribution in [2.75, 3.05) is 17.7 Å². The Kier molecular flexibility index (Phi) is 5.79. The Hall–Kier alpha value is -3.06. The molecular weight excluding hydrogens is 422 g/mol. The molecule has 3 amide bonds. The molecule has 0 spiro atoms. The van der Waals surface area contributed by atoms with Crippen LogP contribution in [-0.4, -0.2) is 73.1 Å². The smallest absolute Gasteiger partial charge is 0.431 e. The summed E-state index contributed by atoms with van der Waals surface area (Å²) in [6, 6.07) is 3.27. The highest BCUT2D eigenvalue weighted by Gasteiger charge is 2.54. The fourth-order valence-electron chi connectivity index (χ4n) is 2.86. The van der Waals surface area contributed by atoms with Crippen molar-refractivity contribution in [2.45, 2.75) is 11.4 Å². The number of thioether (sulfide) groups is 2. The first-order chi connectivity index (χ1) is 13.7. The quantitative estimate of drug-likeness (QED) is 0.367. The third kappa shape index (κ3) is 3.91. The summed E-state index contributed by atoms with van der Waals surface area (Å²) in [7, 11) is 0. The minimum Gasteiger partial charge on any atom is -0.477 e. The van der Waals surface area contributed by atoms with E-state index >= 15 is 0 Å². The van der Waals surface area contributed by atoms with Crippen molar-refractivity contribution in [3.63, 3.8) is 0 Å². The van der Waals surface area contributed by atoms with E-state index in [1.54, 1.807) is 6.26 Å². The van der Waals surface area contributed by atoms with Gasteiger partial charge in [-0.3, -0.25) is 14.5 Å². The molecule has 1 aromatic rings. The van der Waals surface area contributed by atoms with Crippen molar-refractivity contribution < 1.29 is 29.4 Å². The minimum atomic E-state index is -1.62. The lowest BCUT2D eigenvalue weighted by Crippen LogP contribution is -2.71. The van der Waals surface area contributed by atoms with E-state index in [-0.39, 0.29) is 17.2 Å². The molecule has 0 radical (unpaired) electrons. The van der Waals surface area contributed by atoms with Crippen LogP contribution in [0.2, 0.25) is 0 Å². The molecule has 1 unspecified atom stereocenters. The third-order valence-electron chi connectivity index (χ3n) is 4.10. The van der Waals surface area contributed by atoms with Gasteiger partial charge in [-0.1, -0.05) is 6.07 Å². The Morgan fingerprint density at radius 1 is 1.38 bits per heavy atom. The monoisotopic (exact) mass is 437 g/mol. The second-order valence-electron chi connectivity index (χ2n) is 5.83. The average Bonchev–Trinajstić information content (AvgIpc) is 2.68. The molecule has 5 N–H and O–H groups in total. The molecule has 2 aliphatic rings. The molecule has 3 heterocycles. The predicted octanol–water partition coefficient (Wildman–Crippen LogP) is 0.190. The summed E-state index contributed by atoms with van der Waals surface area (Å²) >= 11 is 2.54. The molecule has 0 bridgehead atoms. The fourth-order valence-corrected chi connectivity index (χ4v) is 5.11. The second-order valence-corrected chi connectivity index (χ2v) is 7.84. The number of aromatic nitrogens is 1. The Balaban J connectivity index is 1.84. The molecule has 0 saturated carbocycles. The number of rotatable bonds is 5. The number of anilines is 1. The van der Waals surface area contributed by atoms with Crippen LogP contribution >= 0.6 is 23.5 Å². The summed E-state index contributed by atoms with van der Waals surface area (Å²) in [5, 5.41) is 20.2. The van der Waals surface area contributed by atoms with Gasteiger partial charge in [0.25, 0.3) is 11.8 Å². The maximum absolute atomic E-state index is 12.7. The molecule has 1 saturated heterocycles. The lowest BCUT2D eigenvalue weighted by atomic mass is 10.0. The number of hydrogen-bond donors (Lipinski definition) is 4. The van der Waals surface area contributed by atoms with Gasteiger partial charge in [-0.15, -0.1) is 23.5 Å². The number of pyridine rings is 1. The fraction of sp³-hybridized carbons (Fsp3) is 0.250. The minimum absolute atomic E-state index is 0.0583. The van der Waals surface area contributed by atoms with E-state index in [9.17, 15) is 24.3 Å². The number of amides is 3. The number of carbonyl (C=O) groups excluding carboxylic acids is 2. The average molecular weight is 437 g/mol. The molecule has 11 nitrogen and oxygen atoms in total. The molecule has 13 heteroatoms. The number of carboxylic acids is 1. The van der Waals surface area contributed by atoms with Crippen LogP contribution in [0.25, 0.3) is 0 Å². The maximum Gasteiger partial charge on any atom is 0.431 e. The highest BCUT2D eigenvalue weighted by Crippen LogP contribution is 2.42. The summed E-state index contributed by atoms with van der Waals surface area (Å²) in [4.78, 5) is 56.6. The van der Waals surface area contributed by atoms with Crippen molar-refractivity contribution in [3.8, 4) is 0 Å². The zero-order valence-corrected chi connectivity index (χ0v) is 16.5. The van der Waals surface area contributed by atoms with Crippen LogP contribution < -0.4 is 11.1 Å². The summed E-state index contributed by atoms with van der Waals surface area (Å²) in [6.07, 6.45) is 0.101. The van der Waals surface area contributed by atoms with Crippen LogP contribution in [0, 0.1) is 0 Å². The van der Waals surface area contributed by atoms with Gasteiger partial charge in [-0.05, 0) is 18.4 Å². The molecule has 1 aromatic heterocycles. The Labute approximate surface area is 172 Å². The van der Waals surface area contributed by atoms with Crippen LogP contribution in [0.15, 0.2) is 33.8 Å². The van der Waals surface area contributed by atoms with Gasteiger partial charge in [0.15, 0.2) is 5.71 Å². The number of aliphatic carboxylic acids is 1. The van der Waals surface area contributed by atoms with E-state index in [1.807, 2.05) is 0 Å². The number of carbonyl (C=O) groups is 4. The number of aliphatic imine (C=N–C) groups is 1. The number of hydrogen-bond acceptors (Lipinski definition) is 8. The van der Waals surface area contributed by atoms with Crippen molar-refractivity contribution in [1.82, 2.24) is 15.2 Å². The van der Waals surface area contributed by atoms with Gasteiger partial charge in [-0.2, -0.15) is 4.99 Å². The van der Waals surface area contributed by atoms with Crippen LogP contribution in [0.3, 0.4) is 0 Å². The van der Waals surface area contributed by atoms with Gasteiger partial charge in [0.1, 0.15) is 22.9 Å². The van der Waals surface area contributed by atoms with Gasteiger partial charge in [0.2, 0.25) is 0 Å². The number of nitrogens with two attached hydrogens (primary N) is 1. The first-order valence-corrected chi connectivity index (χ1v) is 10.3. The Bertz CT molecular complexity index is 978. The molecular formula is C16H15N5O6S2. The molecule has 3 rings (SSSR count). The zero-order valence-electron chi connectivity index (χ0n) is 14.9. The molecule has 2 aliphatic heterocycles. The number of nitrogens with one attached hydrogen (secondary N) is 1. The summed E-state index contributed by atoms with van der Waals surface area (Å²) < 4.78 is 0. The summed E-state index contributed by atoms with van der Waals surface area (Å²) in [5.74, 6) is -2.33. The first kappa shape index (κ1) is 20.7. The molecule has 2 atom stereocenters. The predicted molar refractivity (Wildman–Crippen MR) is 106 cm³/mol. The normalized spacial score (nSPS) is 21.3. The lowest BCUT2D eigenvalue weighted by molar-refractivity contribution is -0.150. The molecule has 29 heavy (non-hydrogen) atoms. The van der Waals surface area contributed by atoms with E-state index in [0.29, 0.717) is 10.7 Å². The van der Waals surface area contributed by atoms with E-state index in [2.05, 4.69) is 15.3 Å².